The summed E-state index contributed by atoms with van der Waals surface area (Å²) in [5.41, 5.74) is 12.4. The molecule has 2 heterocycles. The molecule has 0 saturated carbocycles. The van der Waals surface area contributed by atoms with Crippen molar-refractivity contribution >= 4 is 28.6 Å². The molecule has 196 valence electrons. The molecule has 5 N–H and O–H groups in total. The fourth-order valence-electron chi connectivity index (χ4n) is 4.90. The van der Waals surface area contributed by atoms with Crippen LogP contribution in [-0.2, 0) is 17.5 Å². The van der Waals surface area contributed by atoms with Crippen LogP contribution in [0.25, 0.3) is 10.9 Å². The number of fused-ring (bicyclic) bond motifs is 1. The van der Waals surface area contributed by atoms with E-state index in [1.165, 1.54) is 12.1 Å². The molecule has 4 rings (SSSR count). The number of nitrogen functional groups attached to an aromatic ring is 1. The van der Waals surface area contributed by atoms with Crippen molar-refractivity contribution in [3.63, 3.8) is 0 Å². The molecule has 1 saturated heterocycles. The first-order chi connectivity index (χ1) is 17.5. The largest absolute Gasteiger partial charge is 0.416 e. The Labute approximate surface area is 212 Å². The molecule has 0 radical (unpaired) electrons. The van der Waals surface area contributed by atoms with E-state index in [-0.39, 0.29) is 24.2 Å². The zero-order chi connectivity index (χ0) is 26.7. The summed E-state index contributed by atoms with van der Waals surface area (Å²) in [5.74, 6) is -0.139. The van der Waals surface area contributed by atoms with Crippen molar-refractivity contribution in [3.05, 3.63) is 70.9 Å². The highest BCUT2D eigenvalue weighted by atomic mass is 19.4. The molecule has 7 nitrogen and oxygen atoms in total. The van der Waals surface area contributed by atoms with Gasteiger partial charge >= 0.3 is 6.18 Å². The Hall–Kier alpha value is -3.82. The quantitative estimate of drug-likeness (QED) is 0.304. The van der Waals surface area contributed by atoms with Crippen molar-refractivity contribution < 1.29 is 22.8 Å². The number of hydrogen-bond donors (Lipinski definition) is 3. The molecule has 37 heavy (non-hydrogen) atoms. The predicted molar refractivity (Wildman–Crippen MR) is 135 cm³/mol. The van der Waals surface area contributed by atoms with Crippen LogP contribution < -0.4 is 11.5 Å². The van der Waals surface area contributed by atoms with Crippen LogP contribution in [0.5, 0.6) is 0 Å². The van der Waals surface area contributed by atoms with Crippen molar-refractivity contribution in [3.8, 4) is 0 Å². The number of amides is 2. The van der Waals surface area contributed by atoms with E-state index < -0.39 is 11.7 Å². The molecular weight excluding hydrogens is 483 g/mol. The Morgan fingerprint density at radius 2 is 1.68 bits per heavy atom. The molecule has 0 bridgehead atoms. The molecule has 0 spiro atoms. The highest BCUT2D eigenvalue weighted by Crippen LogP contribution is 2.30. The molecule has 3 aromatic rings. The van der Waals surface area contributed by atoms with Crippen molar-refractivity contribution in [2.24, 2.45) is 17.4 Å². The van der Waals surface area contributed by atoms with Crippen molar-refractivity contribution in [1.82, 2.24) is 9.47 Å². The van der Waals surface area contributed by atoms with Crippen LogP contribution in [0, 0.1) is 11.3 Å². The van der Waals surface area contributed by atoms with Gasteiger partial charge in [0.05, 0.1) is 5.56 Å². The minimum atomic E-state index is -4.43. The van der Waals surface area contributed by atoms with Gasteiger partial charge in [-0.3, -0.25) is 15.0 Å². The van der Waals surface area contributed by atoms with Gasteiger partial charge in [0.25, 0.3) is 5.91 Å². The number of likely N-dealkylation sites (tertiary alicyclic amines) is 1. The number of piperidine rings is 1. The lowest BCUT2D eigenvalue weighted by Crippen LogP contribution is -2.39. The topological polar surface area (TPSA) is 118 Å². The average Bonchev–Trinajstić information content (AvgIpc) is 3.21. The number of alkyl halides is 3. The van der Waals surface area contributed by atoms with E-state index in [2.05, 4.69) is 0 Å². The van der Waals surface area contributed by atoms with Crippen LogP contribution in [0.4, 0.5) is 13.2 Å². The number of carbonyl (C=O) groups excluding carboxylic acids is 2. The number of aromatic nitrogens is 1. The molecule has 1 aromatic heterocycles. The van der Waals surface area contributed by atoms with Crippen LogP contribution in [-0.4, -0.2) is 40.2 Å². The van der Waals surface area contributed by atoms with Gasteiger partial charge in [0.1, 0.15) is 11.5 Å². The van der Waals surface area contributed by atoms with Gasteiger partial charge in [-0.1, -0.05) is 24.3 Å². The van der Waals surface area contributed by atoms with Gasteiger partial charge in [-0.15, -0.1) is 0 Å². The van der Waals surface area contributed by atoms with Crippen LogP contribution in [0.2, 0.25) is 0 Å². The Balaban J connectivity index is 1.59. The lowest BCUT2D eigenvalue weighted by atomic mass is 9.91. The van der Waals surface area contributed by atoms with Gasteiger partial charge in [0.15, 0.2) is 0 Å². The van der Waals surface area contributed by atoms with E-state index in [1.807, 2.05) is 0 Å². The molecular formula is C27H30F3N5O2. The van der Waals surface area contributed by atoms with Crippen molar-refractivity contribution in [2.75, 3.05) is 13.1 Å². The minimum absolute atomic E-state index is 0.115. The van der Waals surface area contributed by atoms with E-state index in [1.54, 1.807) is 33.7 Å². The van der Waals surface area contributed by atoms with Gasteiger partial charge < -0.3 is 20.9 Å². The molecule has 0 unspecified atom stereocenters. The highest BCUT2D eigenvalue weighted by Gasteiger charge is 2.30. The second kappa shape index (κ2) is 10.7. The van der Waals surface area contributed by atoms with Crippen molar-refractivity contribution in [2.45, 2.75) is 44.8 Å². The Bertz CT molecular complexity index is 1310. The fourth-order valence-corrected chi connectivity index (χ4v) is 4.90. The first kappa shape index (κ1) is 26.2. The normalized spacial score (nSPS) is 14.7. The third kappa shape index (κ3) is 6.12. The number of hydrogen-bond acceptors (Lipinski definition) is 3. The maximum absolute atomic E-state index is 13.6. The van der Waals surface area contributed by atoms with E-state index in [4.69, 9.17) is 16.9 Å². The number of carbonyl (C=O) groups is 2. The van der Waals surface area contributed by atoms with E-state index in [9.17, 15) is 22.8 Å². The second-order valence-electron chi connectivity index (χ2n) is 9.59. The fraction of sp³-hybridized carbons (Fsp3) is 0.370. The number of halogens is 3. The molecule has 1 fully saturated rings. The van der Waals surface area contributed by atoms with Gasteiger partial charge in [0.2, 0.25) is 5.91 Å². The highest BCUT2D eigenvalue weighted by molar-refractivity contribution is 6.02. The first-order valence-electron chi connectivity index (χ1n) is 12.2. The van der Waals surface area contributed by atoms with Gasteiger partial charge in [-0.25, -0.2) is 0 Å². The number of amidine groups is 1. The summed E-state index contributed by atoms with van der Waals surface area (Å²) in [4.78, 5) is 26.4. The summed E-state index contributed by atoms with van der Waals surface area (Å²) < 4.78 is 40.9. The number of nitrogens with one attached hydrogen (secondary N) is 1. The van der Waals surface area contributed by atoms with Crippen molar-refractivity contribution in [1.29, 1.82) is 5.41 Å². The summed E-state index contributed by atoms with van der Waals surface area (Å²) in [6.07, 6.45) is -0.759. The summed E-state index contributed by atoms with van der Waals surface area (Å²) in [7, 11) is 0. The van der Waals surface area contributed by atoms with Gasteiger partial charge in [-0.2, -0.15) is 13.2 Å². The average molecular weight is 514 g/mol. The van der Waals surface area contributed by atoms with E-state index in [0.29, 0.717) is 47.8 Å². The minimum Gasteiger partial charge on any atom is -0.384 e. The SMILES string of the molecule is N=C(N)c1ccc2cc(C(=O)N3CCC(CCCC(N)=O)CC3)n(Cc3ccc(C(F)(F)F)cc3)c2c1. The Kier molecular flexibility index (Phi) is 7.56. The first-order valence-corrected chi connectivity index (χ1v) is 12.2. The van der Waals surface area contributed by atoms with Crippen LogP contribution >= 0.6 is 0 Å². The molecule has 1 aliphatic rings. The third-order valence-corrected chi connectivity index (χ3v) is 6.99. The maximum atomic E-state index is 13.6. The summed E-state index contributed by atoms with van der Waals surface area (Å²) in [6, 6.07) is 11.9. The second-order valence-corrected chi connectivity index (χ2v) is 9.59. The van der Waals surface area contributed by atoms with Crippen LogP contribution in [0.3, 0.4) is 0 Å². The molecule has 1 aliphatic heterocycles. The van der Waals surface area contributed by atoms with Crippen LogP contribution in [0.15, 0.2) is 48.5 Å². The maximum Gasteiger partial charge on any atom is 0.416 e. The third-order valence-electron chi connectivity index (χ3n) is 6.99. The molecule has 0 aliphatic carbocycles. The molecule has 2 aromatic carbocycles. The standard InChI is InChI=1S/C27H30F3N5O2/c28-27(29,30)21-8-4-18(5-9-21)16-35-22-15-20(25(32)33)7-6-19(22)14-23(35)26(37)34-12-10-17(11-13-34)2-1-3-24(31)36/h4-9,14-15,17H,1-3,10-13,16H2,(H2,31,36)(H3,32,33). The Morgan fingerprint density at radius 3 is 2.27 bits per heavy atom. The summed E-state index contributed by atoms with van der Waals surface area (Å²) in [6.45, 7) is 1.36. The predicted octanol–water partition coefficient (Wildman–Crippen LogP) is 4.50. The van der Waals surface area contributed by atoms with Gasteiger partial charge in [-0.05, 0) is 61.4 Å². The van der Waals surface area contributed by atoms with E-state index in [0.717, 1.165) is 43.2 Å². The molecule has 0 atom stereocenters. The molecule has 2 amide bonds. The number of nitrogens with two attached hydrogens (primary N) is 2. The van der Waals surface area contributed by atoms with Gasteiger partial charge in [0, 0.05) is 42.5 Å². The molecule has 10 heteroatoms. The number of primary amides is 1. The smallest absolute Gasteiger partial charge is 0.384 e. The zero-order valence-corrected chi connectivity index (χ0v) is 20.4. The summed E-state index contributed by atoms with van der Waals surface area (Å²) in [5, 5.41) is 8.57. The lowest BCUT2D eigenvalue weighted by Gasteiger charge is -2.32. The Morgan fingerprint density at radius 1 is 1.00 bits per heavy atom. The number of nitrogens with zero attached hydrogens (tertiary/aromatic N) is 2. The lowest BCUT2D eigenvalue weighted by molar-refractivity contribution is -0.137. The van der Waals surface area contributed by atoms with Crippen LogP contribution in [0.1, 0.15) is 59.3 Å². The summed E-state index contributed by atoms with van der Waals surface area (Å²) >= 11 is 0. The zero-order valence-electron chi connectivity index (χ0n) is 20.4. The number of benzene rings is 2. The van der Waals surface area contributed by atoms with E-state index >= 15 is 0 Å². The number of rotatable bonds is 8. The monoisotopic (exact) mass is 513 g/mol.